The standard InChI is InChI=1S/C19H26N2O2/c1-2-23-17-9-4-3-7-15(17)18-16-8-5-6-10-19(16,22)11-13-21(18)14-12-20/h3-4,7,9,16,18,22H,2,5-6,8,10-11,13-14H2,1H3/p+1/t16-,18+,19-/m0/s1. The molecule has 0 bridgehead atoms. The molecule has 2 fully saturated rings. The molecule has 1 unspecified atom stereocenters. The van der Waals surface area contributed by atoms with Crippen LogP contribution in [0.3, 0.4) is 0 Å². The molecule has 1 aromatic carbocycles. The highest BCUT2D eigenvalue weighted by molar-refractivity contribution is 5.36. The quantitative estimate of drug-likeness (QED) is 0.834. The summed E-state index contributed by atoms with van der Waals surface area (Å²) in [5.41, 5.74) is 0.589. The van der Waals surface area contributed by atoms with Gasteiger partial charge in [-0.05, 0) is 31.9 Å². The highest BCUT2D eigenvalue weighted by Crippen LogP contribution is 2.45. The summed E-state index contributed by atoms with van der Waals surface area (Å²) in [6.45, 7) is 3.96. The van der Waals surface area contributed by atoms with Crippen molar-refractivity contribution in [2.45, 2.75) is 50.7 Å². The Morgan fingerprint density at radius 2 is 2.17 bits per heavy atom. The minimum Gasteiger partial charge on any atom is -0.493 e. The number of hydrogen-bond acceptors (Lipinski definition) is 3. The molecule has 1 aliphatic heterocycles. The number of nitrogens with one attached hydrogen (secondary N) is 1. The van der Waals surface area contributed by atoms with Gasteiger partial charge in [-0.3, -0.25) is 0 Å². The van der Waals surface area contributed by atoms with Crippen molar-refractivity contribution in [3.63, 3.8) is 0 Å². The van der Waals surface area contributed by atoms with Gasteiger partial charge in [0.25, 0.3) is 0 Å². The molecular weight excluding hydrogens is 288 g/mol. The number of likely N-dealkylation sites (tertiary alicyclic amines) is 1. The van der Waals surface area contributed by atoms with Crippen LogP contribution in [0.1, 0.15) is 50.6 Å². The Hall–Kier alpha value is -1.57. The van der Waals surface area contributed by atoms with Crippen LogP contribution in [0.5, 0.6) is 5.75 Å². The van der Waals surface area contributed by atoms with Crippen LogP contribution in [0.4, 0.5) is 0 Å². The minimum atomic E-state index is -0.568. The second-order valence-corrected chi connectivity index (χ2v) is 6.90. The lowest BCUT2D eigenvalue weighted by molar-refractivity contribution is -0.938. The van der Waals surface area contributed by atoms with Crippen LogP contribution in [-0.4, -0.2) is 30.4 Å². The first-order valence-corrected chi connectivity index (χ1v) is 8.85. The topological polar surface area (TPSA) is 57.7 Å². The number of nitrogens with zero attached hydrogens (tertiary/aromatic N) is 1. The second kappa shape index (κ2) is 6.90. The maximum atomic E-state index is 11.2. The Bertz CT molecular complexity index is 583. The maximum absolute atomic E-state index is 11.2. The molecule has 23 heavy (non-hydrogen) atoms. The Morgan fingerprint density at radius 1 is 1.35 bits per heavy atom. The molecule has 4 nitrogen and oxygen atoms in total. The van der Waals surface area contributed by atoms with E-state index in [-0.39, 0.29) is 12.0 Å². The van der Waals surface area contributed by atoms with E-state index in [0.29, 0.717) is 13.2 Å². The molecule has 1 heterocycles. The summed E-state index contributed by atoms with van der Waals surface area (Å²) >= 11 is 0. The summed E-state index contributed by atoms with van der Waals surface area (Å²) in [6.07, 6.45) is 5.02. The third kappa shape index (κ3) is 3.08. The van der Waals surface area contributed by atoms with Gasteiger partial charge in [0, 0.05) is 12.3 Å². The monoisotopic (exact) mass is 315 g/mol. The van der Waals surface area contributed by atoms with Gasteiger partial charge in [0.2, 0.25) is 0 Å². The molecule has 1 aromatic rings. The number of ether oxygens (including phenoxy) is 1. The van der Waals surface area contributed by atoms with Gasteiger partial charge >= 0.3 is 0 Å². The van der Waals surface area contributed by atoms with E-state index in [2.05, 4.69) is 12.1 Å². The molecule has 2 N–H and O–H groups in total. The Morgan fingerprint density at radius 3 is 2.96 bits per heavy atom. The summed E-state index contributed by atoms with van der Waals surface area (Å²) in [7, 11) is 0. The van der Waals surface area contributed by atoms with Crippen molar-refractivity contribution >= 4 is 0 Å². The molecule has 4 atom stereocenters. The molecule has 1 aliphatic carbocycles. The number of piperidine rings is 1. The van der Waals surface area contributed by atoms with E-state index in [1.807, 2.05) is 25.1 Å². The zero-order valence-electron chi connectivity index (χ0n) is 13.9. The summed E-state index contributed by atoms with van der Waals surface area (Å²) in [5, 5.41) is 20.4. The molecule has 1 saturated carbocycles. The van der Waals surface area contributed by atoms with Crippen LogP contribution >= 0.6 is 0 Å². The Labute approximate surface area is 138 Å². The summed E-state index contributed by atoms with van der Waals surface area (Å²) in [5.74, 6) is 1.13. The number of rotatable bonds is 4. The highest BCUT2D eigenvalue weighted by Gasteiger charge is 2.52. The first-order chi connectivity index (χ1) is 11.2. The SMILES string of the molecule is CCOc1ccccc1[C@@H]1[C@@H]2CCCC[C@]2(O)CC[NH+]1CC#N. The fourth-order valence-corrected chi connectivity index (χ4v) is 4.61. The van der Waals surface area contributed by atoms with Gasteiger partial charge < -0.3 is 14.7 Å². The first kappa shape index (κ1) is 16.3. The van der Waals surface area contributed by atoms with Gasteiger partial charge in [-0.1, -0.05) is 25.0 Å². The molecule has 0 aromatic heterocycles. The summed E-state index contributed by atoms with van der Waals surface area (Å²) in [6, 6.07) is 10.7. The van der Waals surface area contributed by atoms with E-state index in [0.717, 1.165) is 43.5 Å². The Kier molecular flexibility index (Phi) is 4.89. The van der Waals surface area contributed by atoms with Crippen molar-refractivity contribution in [3.05, 3.63) is 29.8 Å². The van der Waals surface area contributed by atoms with Gasteiger partial charge in [-0.15, -0.1) is 0 Å². The molecule has 0 spiro atoms. The van der Waals surface area contributed by atoms with Gasteiger partial charge in [-0.25, -0.2) is 0 Å². The van der Waals surface area contributed by atoms with E-state index >= 15 is 0 Å². The predicted octanol–water partition coefficient (Wildman–Crippen LogP) is 1.86. The van der Waals surface area contributed by atoms with Crippen LogP contribution in [0.2, 0.25) is 0 Å². The van der Waals surface area contributed by atoms with Crippen LogP contribution < -0.4 is 9.64 Å². The van der Waals surface area contributed by atoms with Crippen molar-refractivity contribution in [2.24, 2.45) is 5.92 Å². The fourth-order valence-electron chi connectivity index (χ4n) is 4.61. The molecule has 0 radical (unpaired) electrons. The number of benzene rings is 1. The van der Waals surface area contributed by atoms with Gasteiger partial charge in [0.05, 0.1) is 24.3 Å². The lowest BCUT2D eigenvalue weighted by atomic mass is 9.66. The van der Waals surface area contributed by atoms with Gasteiger partial charge in [0.1, 0.15) is 17.9 Å². The highest BCUT2D eigenvalue weighted by atomic mass is 16.5. The number of aliphatic hydroxyl groups is 1. The molecule has 1 saturated heterocycles. The molecule has 0 amide bonds. The zero-order valence-corrected chi connectivity index (χ0v) is 13.9. The van der Waals surface area contributed by atoms with E-state index in [1.165, 1.54) is 11.3 Å². The van der Waals surface area contributed by atoms with Crippen molar-refractivity contribution in [3.8, 4) is 11.8 Å². The third-order valence-electron chi connectivity index (χ3n) is 5.65. The second-order valence-electron chi connectivity index (χ2n) is 6.90. The summed E-state index contributed by atoms with van der Waals surface area (Å²) in [4.78, 5) is 1.27. The average Bonchev–Trinajstić information content (AvgIpc) is 2.56. The Balaban J connectivity index is 2.01. The van der Waals surface area contributed by atoms with Crippen molar-refractivity contribution in [2.75, 3.05) is 19.7 Å². The average molecular weight is 315 g/mol. The number of hydrogen-bond donors (Lipinski definition) is 2. The zero-order chi connectivity index (χ0) is 16.3. The van der Waals surface area contributed by atoms with E-state index in [4.69, 9.17) is 4.74 Å². The number of fused-ring (bicyclic) bond motifs is 1. The number of quaternary nitrogens is 1. The normalized spacial score (nSPS) is 33.5. The van der Waals surface area contributed by atoms with Crippen molar-refractivity contribution in [1.29, 1.82) is 5.26 Å². The van der Waals surface area contributed by atoms with Crippen LogP contribution in [0.15, 0.2) is 24.3 Å². The van der Waals surface area contributed by atoms with E-state index in [1.54, 1.807) is 0 Å². The third-order valence-corrected chi connectivity index (χ3v) is 5.65. The van der Waals surface area contributed by atoms with E-state index < -0.39 is 5.60 Å². The lowest BCUT2D eigenvalue weighted by Gasteiger charge is -2.49. The number of nitriles is 1. The predicted molar refractivity (Wildman–Crippen MR) is 88.2 cm³/mol. The van der Waals surface area contributed by atoms with Crippen LogP contribution in [0.25, 0.3) is 0 Å². The smallest absolute Gasteiger partial charge is 0.165 e. The molecule has 124 valence electrons. The van der Waals surface area contributed by atoms with Crippen LogP contribution in [0, 0.1) is 17.2 Å². The maximum Gasteiger partial charge on any atom is 0.165 e. The minimum absolute atomic E-state index is 0.149. The van der Waals surface area contributed by atoms with E-state index in [9.17, 15) is 10.4 Å². The molecular formula is C19H27N2O2+. The fraction of sp³-hybridized carbons (Fsp3) is 0.632. The van der Waals surface area contributed by atoms with Crippen LogP contribution in [-0.2, 0) is 0 Å². The van der Waals surface area contributed by atoms with Crippen molar-refractivity contribution < 1.29 is 14.7 Å². The largest absolute Gasteiger partial charge is 0.493 e. The summed E-state index contributed by atoms with van der Waals surface area (Å²) < 4.78 is 5.85. The first-order valence-electron chi connectivity index (χ1n) is 8.85. The molecule has 4 heteroatoms. The lowest BCUT2D eigenvalue weighted by Crippen LogP contribution is -3.15. The van der Waals surface area contributed by atoms with Gasteiger partial charge in [-0.2, -0.15) is 5.26 Å². The van der Waals surface area contributed by atoms with Crippen molar-refractivity contribution in [1.82, 2.24) is 0 Å². The number of para-hydroxylation sites is 1. The molecule has 3 rings (SSSR count). The van der Waals surface area contributed by atoms with Gasteiger partial charge in [0.15, 0.2) is 6.54 Å². The molecule has 2 aliphatic rings.